The fourth-order valence-electron chi connectivity index (χ4n) is 3.87. The lowest BCUT2D eigenvalue weighted by molar-refractivity contribution is -0.124. The number of aromatic nitrogens is 3. The third-order valence-corrected chi connectivity index (χ3v) is 5.29. The first-order valence-electron chi connectivity index (χ1n) is 9.02. The molecule has 0 aliphatic carbocycles. The number of nitrogens with two attached hydrogens (primary N) is 1. The average molecular weight is 333 g/mol. The number of carbonyl (C=O) groups excluding carboxylic acids is 1. The molecule has 132 valence electrons. The lowest BCUT2D eigenvalue weighted by Crippen LogP contribution is -2.42. The van der Waals surface area contributed by atoms with Crippen LogP contribution in [0.3, 0.4) is 0 Å². The molecule has 1 aromatic heterocycles. The Labute approximate surface area is 143 Å². The SMILES string of the molecule is CCc1nnc(N2CCC([C@H]3OCC[C@@H]3C(N)=O)CC2)nc1CC. The third-order valence-electron chi connectivity index (χ3n) is 5.29. The molecule has 24 heavy (non-hydrogen) atoms. The highest BCUT2D eigenvalue weighted by atomic mass is 16.5. The molecule has 7 nitrogen and oxygen atoms in total. The number of hydrogen-bond acceptors (Lipinski definition) is 6. The molecule has 2 aliphatic rings. The second kappa shape index (κ2) is 7.42. The van der Waals surface area contributed by atoms with Gasteiger partial charge in [0, 0.05) is 19.7 Å². The summed E-state index contributed by atoms with van der Waals surface area (Å²) in [7, 11) is 0. The molecule has 2 fully saturated rings. The topological polar surface area (TPSA) is 94.2 Å². The molecule has 2 atom stereocenters. The Balaban J connectivity index is 1.64. The van der Waals surface area contributed by atoms with Gasteiger partial charge in [-0.15, -0.1) is 5.10 Å². The predicted octanol–water partition coefficient (Wildman–Crippen LogP) is 1.10. The van der Waals surface area contributed by atoms with Crippen LogP contribution in [0.25, 0.3) is 0 Å². The van der Waals surface area contributed by atoms with E-state index in [1.807, 2.05) is 0 Å². The molecule has 0 radical (unpaired) electrons. The van der Waals surface area contributed by atoms with E-state index in [2.05, 4.69) is 28.9 Å². The number of anilines is 1. The van der Waals surface area contributed by atoms with Gasteiger partial charge in [-0.25, -0.2) is 4.98 Å². The van der Waals surface area contributed by atoms with Crippen molar-refractivity contribution >= 4 is 11.9 Å². The molecule has 2 N–H and O–H groups in total. The highest BCUT2D eigenvalue weighted by Gasteiger charge is 2.39. The van der Waals surface area contributed by atoms with Crippen LogP contribution in [0.15, 0.2) is 0 Å². The second-order valence-electron chi connectivity index (χ2n) is 6.67. The minimum absolute atomic E-state index is 0.0163. The zero-order valence-electron chi connectivity index (χ0n) is 14.6. The Morgan fingerprint density at radius 2 is 1.88 bits per heavy atom. The van der Waals surface area contributed by atoms with Crippen LogP contribution < -0.4 is 10.6 Å². The van der Waals surface area contributed by atoms with Crippen LogP contribution >= 0.6 is 0 Å². The van der Waals surface area contributed by atoms with Crippen molar-refractivity contribution in [3.05, 3.63) is 11.4 Å². The predicted molar refractivity (Wildman–Crippen MR) is 90.6 cm³/mol. The van der Waals surface area contributed by atoms with Crippen LogP contribution in [-0.2, 0) is 22.4 Å². The van der Waals surface area contributed by atoms with Crippen LogP contribution in [0.5, 0.6) is 0 Å². The van der Waals surface area contributed by atoms with E-state index < -0.39 is 0 Å². The number of amides is 1. The van der Waals surface area contributed by atoms with Gasteiger partial charge in [-0.2, -0.15) is 5.10 Å². The molecule has 0 spiro atoms. The highest BCUT2D eigenvalue weighted by Crippen LogP contribution is 2.33. The van der Waals surface area contributed by atoms with Crippen molar-refractivity contribution in [1.29, 1.82) is 0 Å². The van der Waals surface area contributed by atoms with E-state index in [1.165, 1.54) is 0 Å². The number of piperidine rings is 1. The van der Waals surface area contributed by atoms with E-state index in [9.17, 15) is 4.79 Å². The van der Waals surface area contributed by atoms with Crippen molar-refractivity contribution in [2.45, 2.75) is 52.1 Å². The fraction of sp³-hybridized carbons (Fsp3) is 0.765. The maximum absolute atomic E-state index is 11.6. The largest absolute Gasteiger partial charge is 0.377 e. The third kappa shape index (κ3) is 3.36. The first-order chi connectivity index (χ1) is 11.6. The molecule has 7 heteroatoms. The summed E-state index contributed by atoms with van der Waals surface area (Å²) in [5, 5.41) is 8.64. The average Bonchev–Trinajstić information content (AvgIpc) is 3.11. The van der Waals surface area contributed by atoms with Crippen molar-refractivity contribution in [2.24, 2.45) is 17.6 Å². The van der Waals surface area contributed by atoms with Gasteiger partial charge >= 0.3 is 0 Å². The number of rotatable bonds is 5. The number of carbonyl (C=O) groups is 1. The summed E-state index contributed by atoms with van der Waals surface area (Å²) >= 11 is 0. The summed E-state index contributed by atoms with van der Waals surface area (Å²) < 4.78 is 5.81. The van der Waals surface area contributed by atoms with E-state index in [-0.39, 0.29) is 17.9 Å². The second-order valence-corrected chi connectivity index (χ2v) is 6.67. The summed E-state index contributed by atoms with van der Waals surface area (Å²) in [4.78, 5) is 18.5. The molecule has 0 saturated carbocycles. The molecule has 0 unspecified atom stereocenters. The van der Waals surface area contributed by atoms with E-state index in [1.54, 1.807) is 0 Å². The summed E-state index contributed by atoms with van der Waals surface area (Å²) in [5.74, 6) is 0.751. The zero-order valence-corrected chi connectivity index (χ0v) is 14.6. The molecule has 1 amide bonds. The normalized spacial score (nSPS) is 25.2. The molecule has 2 saturated heterocycles. The first-order valence-corrected chi connectivity index (χ1v) is 9.02. The number of aryl methyl sites for hydroxylation is 2. The van der Waals surface area contributed by atoms with Gasteiger partial charge in [0.2, 0.25) is 11.9 Å². The number of hydrogen-bond donors (Lipinski definition) is 1. The van der Waals surface area contributed by atoms with Gasteiger partial charge in [0.05, 0.1) is 23.4 Å². The van der Waals surface area contributed by atoms with Crippen LogP contribution in [0.4, 0.5) is 5.95 Å². The molecule has 0 aromatic carbocycles. The fourth-order valence-corrected chi connectivity index (χ4v) is 3.87. The molecular weight excluding hydrogens is 306 g/mol. The van der Waals surface area contributed by atoms with Gasteiger partial charge in [-0.05, 0) is 38.0 Å². The first kappa shape index (κ1) is 17.1. The van der Waals surface area contributed by atoms with E-state index in [0.717, 1.165) is 62.5 Å². The van der Waals surface area contributed by atoms with E-state index >= 15 is 0 Å². The van der Waals surface area contributed by atoms with E-state index in [0.29, 0.717) is 12.5 Å². The monoisotopic (exact) mass is 333 g/mol. The van der Waals surface area contributed by atoms with Gasteiger partial charge in [-0.1, -0.05) is 13.8 Å². The summed E-state index contributed by atoms with van der Waals surface area (Å²) in [6.07, 6.45) is 4.41. The Morgan fingerprint density at radius 3 is 2.50 bits per heavy atom. The van der Waals surface area contributed by atoms with Crippen LogP contribution in [0, 0.1) is 11.8 Å². The minimum atomic E-state index is -0.227. The summed E-state index contributed by atoms with van der Waals surface area (Å²) in [5.41, 5.74) is 7.54. The van der Waals surface area contributed by atoms with Crippen molar-refractivity contribution in [3.63, 3.8) is 0 Å². The Morgan fingerprint density at radius 1 is 1.17 bits per heavy atom. The smallest absolute Gasteiger partial charge is 0.245 e. The Hall–Kier alpha value is -1.76. The molecule has 3 heterocycles. The zero-order chi connectivity index (χ0) is 17.1. The number of nitrogens with zero attached hydrogens (tertiary/aromatic N) is 4. The molecule has 2 aliphatic heterocycles. The van der Waals surface area contributed by atoms with Crippen LogP contribution in [0.1, 0.15) is 44.5 Å². The Kier molecular flexibility index (Phi) is 5.28. The van der Waals surface area contributed by atoms with Gasteiger partial charge in [0.15, 0.2) is 0 Å². The summed E-state index contributed by atoms with van der Waals surface area (Å²) in [6.45, 7) is 6.55. The van der Waals surface area contributed by atoms with E-state index in [4.69, 9.17) is 15.5 Å². The van der Waals surface area contributed by atoms with Crippen molar-refractivity contribution in [1.82, 2.24) is 15.2 Å². The van der Waals surface area contributed by atoms with Gasteiger partial charge in [0.25, 0.3) is 0 Å². The highest BCUT2D eigenvalue weighted by molar-refractivity contribution is 5.77. The van der Waals surface area contributed by atoms with Crippen LogP contribution in [-0.4, -0.2) is 46.9 Å². The van der Waals surface area contributed by atoms with Crippen LogP contribution in [0.2, 0.25) is 0 Å². The lowest BCUT2D eigenvalue weighted by atomic mass is 9.84. The molecule has 0 bridgehead atoms. The lowest BCUT2D eigenvalue weighted by Gasteiger charge is -2.35. The standard InChI is InChI=1S/C17H27N5O2/c1-3-13-14(4-2)20-21-17(19-13)22-8-5-11(6-9-22)15-12(16(18)23)7-10-24-15/h11-12,15H,3-10H2,1-2H3,(H2,18,23)/t12-,15+/m0/s1. The molecule has 1 aromatic rings. The van der Waals surface area contributed by atoms with Gasteiger partial charge in [0.1, 0.15) is 0 Å². The number of ether oxygens (including phenoxy) is 1. The quantitative estimate of drug-likeness (QED) is 0.867. The van der Waals surface area contributed by atoms with Crippen molar-refractivity contribution in [3.8, 4) is 0 Å². The molecular formula is C17H27N5O2. The molecule has 3 rings (SSSR count). The van der Waals surface area contributed by atoms with Crippen molar-refractivity contribution in [2.75, 3.05) is 24.6 Å². The maximum Gasteiger partial charge on any atom is 0.245 e. The minimum Gasteiger partial charge on any atom is -0.377 e. The summed E-state index contributed by atoms with van der Waals surface area (Å²) in [6, 6.07) is 0. The van der Waals surface area contributed by atoms with Gasteiger partial charge in [-0.3, -0.25) is 4.79 Å². The number of primary amides is 1. The maximum atomic E-state index is 11.6. The Bertz CT molecular complexity index is 586. The van der Waals surface area contributed by atoms with Gasteiger partial charge < -0.3 is 15.4 Å². The van der Waals surface area contributed by atoms with Crippen molar-refractivity contribution < 1.29 is 9.53 Å².